The second-order valence-electron chi connectivity index (χ2n) is 4.25. The average molecular weight is 201 g/mol. The Bertz CT molecular complexity index is 155. The smallest absolute Gasteiger partial charge is 0.0474 e. The summed E-state index contributed by atoms with van der Waals surface area (Å²) >= 11 is 2.04. The maximum absolute atomic E-state index is 9.27. The molecule has 0 spiro atoms. The first kappa shape index (κ1) is 9.81. The van der Waals surface area contributed by atoms with Gasteiger partial charge in [-0.2, -0.15) is 11.8 Å². The molecule has 2 unspecified atom stereocenters. The number of hydrogen-bond acceptors (Lipinski definition) is 3. The van der Waals surface area contributed by atoms with Crippen LogP contribution in [0.15, 0.2) is 0 Å². The topological polar surface area (TPSA) is 32.3 Å². The number of aliphatic hydroxyl groups excluding tert-OH is 1. The Balaban J connectivity index is 1.70. The minimum atomic E-state index is 0.366. The van der Waals surface area contributed by atoms with Gasteiger partial charge in [-0.3, -0.25) is 0 Å². The lowest BCUT2D eigenvalue weighted by atomic mass is 9.92. The predicted molar refractivity (Wildman–Crippen MR) is 57.0 cm³/mol. The molecule has 0 amide bonds. The van der Waals surface area contributed by atoms with Crippen molar-refractivity contribution >= 4 is 11.8 Å². The summed E-state index contributed by atoms with van der Waals surface area (Å²) in [5, 5.41) is 12.8. The van der Waals surface area contributed by atoms with Gasteiger partial charge in [0.1, 0.15) is 0 Å². The van der Waals surface area contributed by atoms with Gasteiger partial charge in [0.15, 0.2) is 0 Å². The molecule has 1 saturated heterocycles. The lowest BCUT2D eigenvalue weighted by molar-refractivity contribution is 0.181. The van der Waals surface area contributed by atoms with Crippen LogP contribution in [0.5, 0.6) is 0 Å². The van der Waals surface area contributed by atoms with Crippen LogP contribution >= 0.6 is 11.8 Å². The highest BCUT2D eigenvalue weighted by atomic mass is 32.2. The van der Waals surface area contributed by atoms with Gasteiger partial charge in [0, 0.05) is 19.2 Å². The van der Waals surface area contributed by atoms with Crippen molar-refractivity contribution in [3.63, 3.8) is 0 Å². The molecule has 1 saturated carbocycles. The molecule has 0 aromatic heterocycles. The van der Waals surface area contributed by atoms with E-state index in [4.69, 9.17) is 0 Å². The maximum Gasteiger partial charge on any atom is 0.0474 e. The molecule has 0 bridgehead atoms. The first-order valence-electron chi connectivity index (χ1n) is 5.32. The van der Waals surface area contributed by atoms with Crippen LogP contribution in [0.3, 0.4) is 0 Å². The number of aliphatic hydroxyl groups is 1. The largest absolute Gasteiger partial charge is 0.396 e. The fraction of sp³-hybridized carbons (Fsp3) is 1.00. The van der Waals surface area contributed by atoms with Crippen LogP contribution in [0.25, 0.3) is 0 Å². The Morgan fingerprint density at radius 1 is 1.38 bits per heavy atom. The van der Waals surface area contributed by atoms with Crippen LogP contribution in [0.2, 0.25) is 0 Å². The third-order valence-electron chi connectivity index (χ3n) is 3.11. The van der Waals surface area contributed by atoms with E-state index in [0.717, 1.165) is 18.5 Å². The summed E-state index contributed by atoms with van der Waals surface area (Å²) < 4.78 is 0. The third-order valence-corrected chi connectivity index (χ3v) is 4.30. The molecule has 2 atom stereocenters. The Hall–Kier alpha value is 0.270. The zero-order valence-electron chi connectivity index (χ0n) is 8.04. The van der Waals surface area contributed by atoms with Crippen LogP contribution in [0, 0.1) is 11.8 Å². The molecule has 2 nitrogen and oxygen atoms in total. The molecule has 2 rings (SSSR count). The van der Waals surface area contributed by atoms with Gasteiger partial charge in [-0.05, 0) is 42.6 Å². The zero-order valence-corrected chi connectivity index (χ0v) is 8.85. The Kier molecular flexibility index (Phi) is 3.52. The molecular weight excluding hydrogens is 182 g/mol. The van der Waals surface area contributed by atoms with Gasteiger partial charge in [-0.1, -0.05) is 0 Å². The summed E-state index contributed by atoms with van der Waals surface area (Å²) in [5.41, 5.74) is 0. The SMILES string of the molecule is OCC(CNC1CC1)C1CCSC1. The van der Waals surface area contributed by atoms with Crippen LogP contribution in [0.1, 0.15) is 19.3 Å². The standard InChI is InChI=1S/C10H19NOS/c12-6-9(5-11-10-1-2-10)8-3-4-13-7-8/h8-12H,1-7H2. The van der Waals surface area contributed by atoms with Gasteiger partial charge >= 0.3 is 0 Å². The van der Waals surface area contributed by atoms with E-state index in [0.29, 0.717) is 12.5 Å². The summed E-state index contributed by atoms with van der Waals surface area (Å²) in [6, 6.07) is 0.781. The molecule has 1 heterocycles. The van der Waals surface area contributed by atoms with Crippen LogP contribution in [-0.2, 0) is 0 Å². The summed E-state index contributed by atoms with van der Waals surface area (Å²) in [5.74, 6) is 3.83. The molecule has 0 aromatic rings. The van der Waals surface area contributed by atoms with Crippen LogP contribution in [0.4, 0.5) is 0 Å². The monoisotopic (exact) mass is 201 g/mol. The van der Waals surface area contributed by atoms with Crippen LogP contribution < -0.4 is 5.32 Å². The van der Waals surface area contributed by atoms with E-state index in [9.17, 15) is 5.11 Å². The van der Waals surface area contributed by atoms with E-state index in [2.05, 4.69) is 5.32 Å². The molecular formula is C10H19NOS. The summed E-state index contributed by atoms with van der Waals surface area (Å²) in [7, 11) is 0. The first-order chi connectivity index (χ1) is 6.40. The van der Waals surface area contributed by atoms with Gasteiger partial charge in [-0.15, -0.1) is 0 Å². The Labute approximate surface area is 84.5 Å². The number of nitrogens with one attached hydrogen (secondary N) is 1. The van der Waals surface area contributed by atoms with E-state index in [1.807, 2.05) is 11.8 Å². The second-order valence-corrected chi connectivity index (χ2v) is 5.40. The maximum atomic E-state index is 9.27. The molecule has 0 aromatic carbocycles. The highest BCUT2D eigenvalue weighted by Crippen LogP contribution is 2.30. The van der Waals surface area contributed by atoms with Crippen LogP contribution in [-0.4, -0.2) is 35.8 Å². The predicted octanol–water partition coefficient (Wildman–Crippen LogP) is 1.10. The van der Waals surface area contributed by atoms with Gasteiger partial charge in [-0.25, -0.2) is 0 Å². The minimum Gasteiger partial charge on any atom is -0.396 e. The Morgan fingerprint density at radius 3 is 2.77 bits per heavy atom. The molecule has 1 aliphatic carbocycles. The van der Waals surface area contributed by atoms with Crippen molar-refractivity contribution in [2.24, 2.45) is 11.8 Å². The summed E-state index contributed by atoms with van der Waals surface area (Å²) in [6.07, 6.45) is 4.00. The molecule has 13 heavy (non-hydrogen) atoms. The van der Waals surface area contributed by atoms with E-state index in [1.54, 1.807) is 0 Å². The van der Waals surface area contributed by atoms with Crippen molar-refractivity contribution in [1.82, 2.24) is 5.32 Å². The minimum absolute atomic E-state index is 0.366. The van der Waals surface area contributed by atoms with Gasteiger partial charge in [0.2, 0.25) is 0 Å². The molecule has 1 aliphatic heterocycles. The van der Waals surface area contributed by atoms with Crippen molar-refractivity contribution < 1.29 is 5.11 Å². The quantitative estimate of drug-likeness (QED) is 0.698. The molecule has 2 fully saturated rings. The molecule has 2 aliphatic rings. The highest BCUT2D eigenvalue weighted by molar-refractivity contribution is 7.99. The fourth-order valence-electron chi connectivity index (χ4n) is 1.91. The number of hydrogen-bond donors (Lipinski definition) is 2. The number of thioether (sulfide) groups is 1. The lowest BCUT2D eigenvalue weighted by Gasteiger charge is -2.20. The summed E-state index contributed by atoms with van der Waals surface area (Å²) in [6.45, 7) is 1.40. The molecule has 76 valence electrons. The fourth-order valence-corrected chi connectivity index (χ4v) is 3.29. The number of rotatable bonds is 5. The zero-order chi connectivity index (χ0) is 9.10. The lowest BCUT2D eigenvalue weighted by Crippen LogP contribution is -2.32. The van der Waals surface area contributed by atoms with E-state index in [1.165, 1.54) is 30.8 Å². The highest BCUT2D eigenvalue weighted by Gasteiger charge is 2.27. The summed E-state index contributed by atoms with van der Waals surface area (Å²) in [4.78, 5) is 0. The first-order valence-corrected chi connectivity index (χ1v) is 6.47. The second kappa shape index (κ2) is 4.67. The van der Waals surface area contributed by atoms with Gasteiger partial charge < -0.3 is 10.4 Å². The van der Waals surface area contributed by atoms with Crippen molar-refractivity contribution in [3.05, 3.63) is 0 Å². The van der Waals surface area contributed by atoms with Crippen molar-refractivity contribution in [1.29, 1.82) is 0 Å². The normalized spacial score (nSPS) is 30.7. The molecule has 3 heteroatoms. The van der Waals surface area contributed by atoms with E-state index in [-0.39, 0.29) is 0 Å². The van der Waals surface area contributed by atoms with Crippen molar-refractivity contribution in [2.75, 3.05) is 24.7 Å². The average Bonchev–Trinajstić information content (AvgIpc) is 2.81. The molecule has 0 radical (unpaired) electrons. The van der Waals surface area contributed by atoms with Crippen molar-refractivity contribution in [2.45, 2.75) is 25.3 Å². The Morgan fingerprint density at radius 2 is 2.23 bits per heavy atom. The molecule has 2 N–H and O–H groups in total. The van der Waals surface area contributed by atoms with E-state index < -0.39 is 0 Å². The van der Waals surface area contributed by atoms with E-state index >= 15 is 0 Å². The third kappa shape index (κ3) is 2.86. The van der Waals surface area contributed by atoms with Crippen molar-refractivity contribution in [3.8, 4) is 0 Å². The van der Waals surface area contributed by atoms with Gasteiger partial charge in [0.05, 0.1) is 0 Å². The van der Waals surface area contributed by atoms with Gasteiger partial charge in [0.25, 0.3) is 0 Å².